The maximum absolute atomic E-state index is 12.7. The van der Waals surface area contributed by atoms with E-state index < -0.39 is 11.5 Å². The fourth-order valence-corrected chi connectivity index (χ4v) is 4.50. The van der Waals surface area contributed by atoms with Gasteiger partial charge in [-0.1, -0.05) is 38.0 Å². The molecule has 1 heterocycles. The van der Waals surface area contributed by atoms with E-state index >= 15 is 0 Å². The van der Waals surface area contributed by atoms with Crippen LogP contribution in [0.2, 0.25) is 0 Å². The van der Waals surface area contributed by atoms with Gasteiger partial charge in [0, 0.05) is 42.7 Å². The highest BCUT2D eigenvalue weighted by Crippen LogP contribution is 2.58. The predicted molar refractivity (Wildman–Crippen MR) is 106 cm³/mol. The normalized spacial score (nSPS) is 29.4. The van der Waals surface area contributed by atoms with E-state index in [0.717, 1.165) is 28.9 Å². The van der Waals surface area contributed by atoms with E-state index in [-0.39, 0.29) is 24.0 Å². The maximum Gasteiger partial charge on any atom is 0.331 e. The number of furan rings is 1. The van der Waals surface area contributed by atoms with Crippen molar-refractivity contribution < 1.29 is 23.5 Å². The van der Waals surface area contributed by atoms with Crippen LogP contribution in [-0.4, -0.2) is 18.0 Å². The van der Waals surface area contributed by atoms with Gasteiger partial charge in [-0.25, -0.2) is 4.79 Å². The number of fused-ring (bicyclic) bond motifs is 2. The lowest BCUT2D eigenvalue weighted by Gasteiger charge is -2.50. The number of ether oxygens (including phenoxy) is 2. The molecule has 0 saturated carbocycles. The molecule has 0 N–H and O–H groups in total. The Morgan fingerprint density at radius 1 is 1.32 bits per heavy atom. The summed E-state index contributed by atoms with van der Waals surface area (Å²) in [6.45, 7) is 11.5. The lowest BCUT2D eigenvalue weighted by molar-refractivity contribution is -0.163. The summed E-state index contributed by atoms with van der Waals surface area (Å²) >= 11 is 0. The molecule has 5 nitrogen and oxygen atoms in total. The predicted octanol–water partition coefficient (Wildman–Crippen LogP) is 4.99. The van der Waals surface area contributed by atoms with E-state index in [1.165, 1.54) is 12.5 Å². The fraction of sp³-hybridized carbons (Fsp3) is 0.565. The lowest BCUT2D eigenvalue weighted by atomic mass is 9.58. The smallest absolute Gasteiger partial charge is 0.331 e. The third kappa shape index (κ3) is 3.43. The molecule has 0 aliphatic heterocycles. The van der Waals surface area contributed by atoms with Crippen LogP contribution in [0.15, 0.2) is 34.0 Å². The molecule has 0 bridgehead atoms. The first kappa shape index (κ1) is 20.4. The number of hydrogen-bond donors (Lipinski definition) is 0. The van der Waals surface area contributed by atoms with Crippen LogP contribution in [0.5, 0.6) is 0 Å². The first-order chi connectivity index (χ1) is 13.2. The van der Waals surface area contributed by atoms with Gasteiger partial charge in [-0.3, -0.25) is 4.79 Å². The van der Waals surface area contributed by atoms with E-state index in [4.69, 9.17) is 13.9 Å². The van der Waals surface area contributed by atoms with Gasteiger partial charge in [0.15, 0.2) is 0 Å². The minimum absolute atomic E-state index is 0.00657. The Morgan fingerprint density at radius 2 is 2.04 bits per heavy atom. The van der Waals surface area contributed by atoms with E-state index in [2.05, 4.69) is 19.9 Å². The molecule has 1 aromatic heterocycles. The molecule has 0 spiro atoms. The molecule has 2 aliphatic rings. The van der Waals surface area contributed by atoms with Crippen molar-refractivity contribution in [2.24, 2.45) is 11.3 Å². The van der Waals surface area contributed by atoms with Crippen LogP contribution in [0.3, 0.4) is 0 Å². The average Bonchev–Trinajstić information content (AvgIpc) is 2.99. The van der Waals surface area contributed by atoms with Crippen LogP contribution in [0.25, 0.3) is 0 Å². The summed E-state index contributed by atoms with van der Waals surface area (Å²) in [5, 5.41) is 0. The molecule has 1 aromatic rings. The summed E-state index contributed by atoms with van der Waals surface area (Å²) in [6, 6.07) is 0. The number of carbonyl (C=O) groups excluding carboxylic acids is 2. The van der Waals surface area contributed by atoms with Gasteiger partial charge in [0.1, 0.15) is 18.0 Å². The Labute approximate surface area is 166 Å². The van der Waals surface area contributed by atoms with Crippen LogP contribution in [-0.2, 0) is 25.5 Å². The molecular formula is C23H30O5. The summed E-state index contributed by atoms with van der Waals surface area (Å²) in [5.74, 6) is 0.213. The second kappa shape index (κ2) is 7.61. The Bertz CT molecular complexity index is 843. The molecule has 0 aromatic carbocycles. The lowest BCUT2D eigenvalue weighted by Crippen LogP contribution is -2.48. The van der Waals surface area contributed by atoms with Gasteiger partial charge in [0.05, 0.1) is 6.26 Å². The van der Waals surface area contributed by atoms with Crippen molar-refractivity contribution in [2.45, 2.75) is 73.0 Å². The molecule has 3 rings (SSSR count). The zero-order chi connectivity index (χ0) is 20.6. The van der Waals surface area contributed by atoms with Crippen molar-refractivity contribution in [3.05, 3.63) is 46.4 Å². The second-order valence-electron chi connectivity index (χ2n) is 8.28. The molecular weight excluding hydrogens is 356 g/mol. The quantitative estimate of drug-likeness (QED) is 0.414. The molecule has 28 heavy (non-hydrogen) atoms. The van der Waals surface area contributed by atoms with Crippen molar-refractivity contribution >= 4 is 11.9 Å². The fourth-order valence-electron chi connectivity index (χ4n) is 4.50. The third-order valence-electron chi connectivity index (χ3n) is 6.53. The third-order valence-corrected chi connectivity index (χ3v) is 6.53. The molecule has 0 saturated heterocycles. The number of allylic oxidation sites excluding steroid dienone is 1. The molecule has 0 unspecified atom stereocenters. The summed E-state index contributed by atoms with van der Waals surface area (Å²) < 4.78 is 17.5. The standard InChI is InChI=1S/C23H30O5/c1-7-13(2)10-20(25)28-22-21-14(3)12-26-19(21)11-17-8-9-18(27-16(5)24)15(4)23(17,22)6/h8,10,12,15,18,22H,7,9,11H2,1-6H3/b13-10+/t15-,18-,22+,23+/m0/s1. The Kier molecular flexibility index (Phi) is 5.55. The zero-order valence-corrected chi connectivity index (χ0v) is 17.6. The highest BCUT2D eigenvalue weighted by molar-refractivity contribution is 5.83. The van der Waals surface area contributed by atoms with Crippen molar-refractivity contribution in [3.63, 3.8) is 0 Å². The summed E-state index contributed by atoms with van der Waals surface area (Å²) in [7, 11) is 0. The summed E-state index contributed by atoms with van der Waals surface area (Å²) in [5.41, 5.74) is 3.61. The Balaban J connectivity index is 2.05. The molecule has 0 amide bonds. The zero-order valence-electron chi connectivity index (χ0n) is 17.6. The van der Waals surface area contributed by atoms with Crippen LogP contribution >= 0.6 is 0 Å². The number of carbonyl (C=O) groups is 2. The van der Waals surface area contributed by atoms with Gasteiger partial charge >= 0.3 is 11.9 Å². The molecule has 0 fully saturated rings. The summed E-state index contributed by atoms with van der Waals surface area (Å²) in [6.07, 6.45) is 6.84. The monoisotopic (exact) mass is 386 g/mol. The number of hydrogen-bond acceptors (Lipinski definition) is 5. The van der Waals surface area contributed by atoms with Crippen molar-refractivity contribution in [3.8, 4) is 0 Å². The van der Waals surface area contributed by atoms with E-state index in [0.29, 0.717) is 12.8 Å². The Morgan fingerprint density at radius 3 is 2.68 bits per heavy atom. The highest BCUT2D eigenvalue weighted by atomic mass is 16.6. The first-order valence-corrected chi connectivity index (χ1v) is 9.99. The van der Waals surface area contributed by atoms with Gasteiger partial charge in [-0.15, -0.1) is 0 Å². The Hall–Kier alpha value is -2.30. The summed E-state index contributed by atoms with van der Waals surface area (Å²) in [4.78, 5) is 24.3. The van der Waals surface area contributed by atoms with Crippen molar-refractivity contribution in [2.75, 3.05) is 0 Å². The second-order valence-corrected chi connectivity index (χ2v) is 8.28. The van der Waals surface area contributed by atoms with E-state index in [9.17, 15) is 9.59 Å². The van der Waals surface area contributed by atoms with Crippen molar-refractivity contribution in [1.29, 1.82) is 0 Å². The molecule has 152 valence electrons. The maximum atomic E-state index is 12.7. The highest BCUT2D eigenvalue weighted by Gasteiger charge is 2.54. The topological polar surface area (TPSA) is 65.7 Å². The van der Waals surface area contributed by atoms with E-state index in [1.54, 1.807) is 12.3 Å². The molecule has 2 aliphatic carbocycles. The molecule has 0 radical (unpaired) electrons. The van der Waals surface area contributed by atoms with E-state index in [1.807, 2.05) is 20.8 Å². The van der Waals surface area contributed by atoms with Crippen LogP contribution in [0.1, 0.15) is 70.5 Å². The number of rotatable bonds is 4. The average molecular weight is 386 g/mol. The van der Waals surface area contributed by atoms with Crippen LogP contribution in [0.4, 0.5) is 0 Å². The van der Waals surface area contributed by atoms with Gasteiger partial charge in [0.25, 0.3) is 0 Å². The number of esters is 2. The molecule has 5 heteroatoms. The van der Waals surface area contributed by atoms with Gasteiger partial charge in [-0.2, -0.15) is 0 Å². The van der Waals surface area contributed by atoms with Gasteiger partial charge < -0.3 is 13.9 Å². The van der Waals surface area contributed by atoms with Crippen molar-refractivity contribution in [1.82, 2.24) is 0 Å². The minimum Gasteiger partial charge on any atom is -0.468 e. The van der Waals surface area contributed by atoms with Gasteiger partial charge in [-0.05, 0) is 25.8 Å². The number of aryl methyl sites for hydroxylation is 1. The van der Waals surface area contributed by atoms with Crippen LogP contribution < -0.4 is 0 Å². The van der Waals surface area contributed by atoms with Crippen LogP contribution in [0, 0.1) is 18.3 Å². The van der Waals surface area contributed by atoms with Gasteiger partial charge in [0.2, 0.25) is 0 Å². The first-order valence-electron chi connectivity index (χ1n) is 9.99. The largest absolute Gasteiger partial charge is 0.468 e. The molecule has 4 atom stereocenters. The SMILES string of the molecule is CC/C(C)=C/C(=O)O[C@@H]1c2c(C)coc2CC2=CC[C@H](OC(C)=O)[C@H](C)[C@]21C. The minimum atomic E-state index is -0.483.